The number of aliphatic hydroxyl groups is 1. The highest BCUT2D eigenvalue weighted by Crippen LogP contribution is 2.37. The van der Waals surface area contributed by atoms with Crippen LogP contribution in [-0.4, -0.2) is 29.3 Å². The van der Waals surface area contributed by atoms with Crippen LogP contribution < -0.4 is 0 Å². The van der Waals surface area contributed by atoms with Crippen LogP contribution in [0.2, 0.25) is 0 Å². The Labute approximate surface area is 81.9 Å². The number of aliphatic hydroxyl groups excluding tert-OH is 1. The van der Waals surface area contributed by atoms with Gasteiger partial charge >= 0.3 is 0 Å². The summed E-state index contributed by atoms with van der Waals surface area (Å²) in [5.74, 6) is 1.51. The molecule has 0 aromatic rings. The Morgan fingerprint density at radius 2 is 1.92 bits per heavy atom. The van der Waals surface area contributed by atoms with Crippen LogP contribution in [0.4, 0.5) is 0 Å². The van der Waals surface area contributed by atoms with Gasteiger partial charge in [-0.2, -0.15) is 0 Å². The molecule has 0 heterocycles. The average Bonchev–Trinajstić information content (AvgIpc) is 2.04. The molecule has 0 saturated heterocycles. The fourth-order valence-electron chi connectivity index (χ4n) is 2.69. The molecular weight excluding hydrogens is 162 g/mol. The minimum atomic E-state index is -0.236. The Balaban J connectivity index is 2.41. The van der Waals surface area contributed by atoms with Gasteiger partial charge in [0, 0.05) is 6.04 Å². The van der Waals surface area contributed by atoms with Crippen LogP contribution in [0.15, 0.2) is 0 Å². The topological polar surface area (TPSA) is 23.5 Å². The van der Waals surface area contributed by atoms with Gasteiger partial charge in [0.1, 0.15) is 6.23 Å². The van der Waals surface area contributed by atoms with Crippen molar-refractivity contribution in [1.29, 1.82) is 0 Å². The largest absolute Gasteiger partial charge is 0.378 e. The molecule has 2 heteroatoms. The third kappa shape index (κ3) is 2.23. The van der Waals surface area contributed by atoms with Crippen LogP contribution in [0.3, 0.4) is 0 Å². The summed E-state index contributed by atoms with van der Waals surface area (Å²) in [7, 11) is 2.05. The molecule has 1 aliphatic rings. The van der Waals surface area contributed by atoms with Crippen molar-refractivity contribution in [3.8, 4) is 0 Å². The van der Waals surface area contributed by atoms with Crippen LogP contribution in [-0.2, 0) is 0 Å². The van der Waals surface area contributed by atoms with Crippen molar-refractivity contribution in [2.24, 2.45) is 11.8 Å². The van der Waals surface area contributed by atoms with Crippen molar-refractivity contribution in [1.82, 2.24) is 4.90 Å². The van der Waals surface area contributed by atoms with Gasteiger partial charge in [0.05, 0.1) is 0 Å². The van der Waals surface area contributed by atoms with E-state index in [1.807, 2.05) is 0 Å². The van der Waals surface area contributed by atoms with Gasteiger partial charge < -0.3 is 5.11 Å². The van der Waals surface area contributed by atoms with Gasteiger partial charge in [-0.1, -0.05) is 27.2 Å². The molecule has 1 rings (SSSR count). The predicted octanol–water partition coefficient (Wildman–Crippen LogP) is 2.08. The van der Waals surface area contributed by atoms with E-state index in [-0.39, 0.29) is 6.23 Å². The fourth-order valence-corrected chi connectivity index (χ4v) is 2.69. The Hall–Kier alpha value is -0.0800. The van der Waals surface area contributed by atoms with Gasteiger partial charge in [0.15, 0.2) is 0 Å². The van der Waals surface area contributed by atoms with Crippen molar-refractivity contribution in [3.63, 3.8) is 0 Å². The lowest BCUT2D eigenvalue weighted by molar-refractivity contribution is -0.0776. The second-order valence-corrected chi connectivity index (χ2v) is 4.62. The van der Waals surface area contributed by atoms with Crippen molar-refractivity contribution < 1.29 is 5.11 Å². The molecule has 0 bridgehead atoms. The molecule has 0 amide bonds. The van der Waals surface area contributed by atoms with Crippen molar-refractivity contribution in [3.05, 3.63) is 0 Å². The number of hydrogen-bond donors (Lipinski definition) is 1. The first kappa shape index (κ1) is 11.0. The van der Waals surface area contributed by atoms with E-state index in [9.17, 15) is 5.11 Å². The van der Waals surface area contributed by atoms with E-state index in [1.165, 1.54) is 6.42 Å². The zero-order valence-corrected chi connectivity index (χ0v) is 9.33. The molecule has 1 saturated carbocycles. The lowest BCUT2D eigenvalue weighted by Crippen LogP contribution is -2.53. The van der Waals surface area contributed by atoms with Gasteiger partial charge in [-0.05, 0) is 31.7 Å². The summed E-state index contributed by atoms with van der Waals surface area (Å²) < 4.78 is 0. The monoisotopic (exact) mass is 185 g/mol. The lowest BCUT2D eigenvalue weighted by atomic mass is 9.71. The van der Waals surface area contributed by atoms with E-state index in [4.69, 9.17) is 0 Å². The highest BCUT2D eigenvalue weighted by molar-refractivity contribution is 4.91. The molecule has 0 aromatic heterocycles. The highest BCUT2D eigenvalue weighted by Gasteiger charge is 2.39. The molecule has 3 atom stereocenters. The third-order valence-corrected chi connectivity index (χ3v) is 3.40. The molecule has 2 nitrogen and oxygen atoms in total. The smallest absolute Gasteiger partial charge is 0.107 e. The van der Waals surface area contributed by atoms with Crippen LogP contribution in [0.5, 0.6) is 0 Å². The first-order valence-electron chi connectivity index (χ1n) is 5.48. The molecule has 1 aliphatic carbocycles. The van der Waals surface area contributed by atoms with E-state index in [1.54, 1.807) is 0 Å². The lowest BCUT2D eigenvalue weighted by Gasteiger charge is -2.48. The van der Waals surface area contributed by atoms with E-state index in [0.29, 0.717) is 6.04 Å². The second-order valence-electron chi connectivity index (χ2n) is 4.62. The molecule has 1 N–H and O–H groups in total. The zero-order valence-electron chi connectivity index (χ0n) is 9.33. The maximum absolute atomic E-state index is 9.81. The predicted molar refractivity (Wildman–Crippen MR) is 55.4 cm³/mol. The maximum atomic E-state index is 9.81. The van der Waals surface area contributed by atoms with Crippen molar-refractivity contribution in [2.75, 3.05) is 7.05 Å². The Morgan fingerprint density at radius 3 is 2.31 bits per heavy atom. The fraction of sp³-hybridized carbons (Fsp3) is 1.00. The third-order valence-electron chi connectivity index (χ3n) is 3.40. The Morgan fingerprint density at radius 1 is 1.38 bits per heavy atom. The maximum Gasteiger partial charge on any atom is 0.107 e. The quantitative estimate of drug-likeness (QED) is 0.678. The van der Waals surface area contributed by atoms with Crippen LogP contribution in [0, 0.1) is 11.8 Å². The van der Waals surface area contributed by atoms with E-state index in [0.717, 1.165) is 24.7 Å². The van der Waals surface area contributed by atoms with Crippen LogP contribution in [0.1, 0.15) is 40.0 Å². The number of rotatable bonds is 4. The summed E-state index contributed by atoms with van der Waals surface area (Å²) in [5, 5.41) is 9.81. The van der Waals surface area contributed by atoms with Gasteiger partial charge in [0.2, 0.25) is 0 Å². The van der Waals surface area contributed by atoms with Gasteiger partial charge in [0.25, 0.3) is 0 Å². The van der Waals surface area contributed by atoms with Crippen molar-refractivity contribution in [2.45, 2.75) is 52.3 Å². The van der Waals surface area contributed by atoms with Crippen LogP contribution >= 0.6 is 0 Å². The molecule has 13 heavy (non-hydrogen) atoms. The molecule has 3 unspecified atom stereocenters. The molecule has 0 aliphatic heterocycles. The SMILES string of the molecule is CCCC(O)N(C)C1C(C)CC1C. The standard InChI is InChI=1S/C11H23NO/c1-5-6-10(13)12(4)11-8(2)7-9(11)3/h8-11,13H,5-7H2,1-4H3. The average molecular weight is 185 g/mol. The second kappa shape index (κ2) is 4.43. The van der Waals surface area contributed by atoms with Gasteiger partial charge in [-0.3, -0.25) is 4.90 Å². The summed E-state index contributed by atoms with van der Waals surface area (Å²) >= 11 is 0. The minimum Gasteiger partial charge on any atom is -0.378 e. The zero-order chi connectivity index (χ0) is 10.0. The summed E-state index contributed by atoms with van der Waals surface area (Å²) in [6.45, 7) is 6.67. The molecule has 78 valence electrons. The summed E-state index contributed by atoms with van der Waals surface area (Å²) in [4.78, 5) is 2.16. The molecule has 1 fully saturated rings. The van der Waals surface area contributed by atoms with E-state index >= 15 is 0 Å². The summed E-state index contributed by atoms with van der Waals surface area (Å²) in [5.41, 5.74) is 0. The summed E-state index contributed by atoms with van der Waals surface area (Å²) in [6.07, 6.45) is 3.03. The molecule has 0 spiro atoms. The molecule has 0 radical (unpaired) electrons. The first-order valence-corrected chi connectivity index (χ1v) is 5.48. The molecular formula is C11H23NO. The van der Waals surface area contributed by atoms with Crippen LogP contribution in [0.25, 0.3) is 0 Å². The van der Waals surface area contributed by atoms with E-state index < -0.39 is 0 Å². The highest BCUT2D eigenvalue weighted by atomic mass is 16.3. The van der Waals surface area contributed by atoms with E-state index in [2.05, 4.69) is 32.7 Å². The molecule has 0 aromatic carbocycles. The number of nitrogens with zero attached hydrogens (tertiary/aromatic N) is 1. The van der Waals surface area contributed by atoms with Gasteiger partial charge in [-0.15, -0.1) is 0 Å². The number of hydrogen-bond acceptors (Lipinski definition) is 2. The Bertz CT molecular complexity index is 152. The Kier molecular flexibility index (Phi) is 3.74. The minimum absolute atomic E-state index is 0.236. The summed E-state index contributed by atoms with van der Waals surface area (Å²) in [6, 6.07) is 0.599. The normalized spacial score (nSPS) is 36.0. The van der Waals surface area contributed by atoms with Crippen molar-refractivity contribution >= 4 is 0 Å². The van der Waals surface area contributed by atoms with Gasteiger partial charge in [-0.25, -0.2) is 0 Å². The first-order chi connectivity index (χ1) is 6.07.